The highest BCUT2D eigenvalue weighted by molar-refractivity contribution is 6.11. The smallest absolute Gasteiger partial charge is 0.267 e. The van der Waals surface area contributed by atoms with E-state index < -0.39 is 5.91 Å². The van der Waals surface area contributed by atoms with Crippen molar-refractivity contribution in [1.29, 1.82) is 10.5 Å². The molecule has 130 valence electrons. The van der Waals surface area contributed by atoms with E-state index in [1.165, 1.54) is 6.20 Å². The number of benzene rings is 3. The molecule has 0 aliphatic carbocycles. The Labute approximate surface area is 155 Å². The minimum Gasteiger partial charge on any atom is -0.507 e. The first-order valence-electron chi connectivity index (χ1n) is 8.01. The maximum atomic E-state index is 12.4. The molecule has 3 aromatic rings. The summed E-state index contributed by atoms with van der Waals surface area (Å²) < 4.78 is 0. The fourth-order valence-electron chi connectivity index (χ4n) is 2.54. The first-order chi connectivity index (χ1) is 13.1. The van der Waals surface area contributed by atoms with Crippen LogP contribution in [0.1, 0.15) is 5.56 Å². The minimum absolute atomic E-state index is 0.113. The molecule has 1 amide bonds. The zero-order valence-corrected chi connectivity index (χ0v) is 14.1. The molecule has 6 heteroatoms. The highest BCUT2D eigenvalue weighted by Crippen LogP contribution is 2.29. The maximum absolute atomic E-state index is 12.4. The van der Waals surface area contributed by atoms with Crippen LogP contribution in [0.5, 0.6) is 5.75 Å². The number of nitrogens with zero attached hydrogens (tertiary/aromatic N) is 2. The van der Waals surface area contributed by atoms with Gasteiger partial charge in [-0.3, -0.25) is 4.79 Å². The normalized spacial score (nSPS) is 10.7. The molecule has 3 aromatic carbocycles. The highest BCUT2D eigenvalue weighted by atomic mass is 16.3. The first-order valence-corrected chi connectivity index (χ1v) is 8.01. The van der Waals surface area contributed by atoms with Crippen molar-refractivity contribution in [3.8, 4) is 17.9 Å². The van der Waals surface area contributed by atoms with E-state index in [0.29, 0.717) is 27.7 Å². The van der Waals surface area contributed by atoms with Gasteiger partial charge < -0.3 is 15.7 Å². The van der Waals surface area contributed by atoms with Gasteiger partial charge >= 0.3 is 0 Å². The predicted octanol–water partition coefficient (Wildman–Crippen LogP) is 3.88. The molecular formula is C21H14N4O2. The summed E-state index contributed by atoms with van der Waals surface area (Å²) in [4.78, 5) is 12.4. The number of amides is 1. The van der Waals surface area contributed by atoms with Gasteiger partial charge in [-0.1, -0.05) is 24.3 Å². The van der Waals surface area contributed by atoms with Gasteiger partial charge in [-0.25, -0.2) is 0 Å². The number of aromatic hydroxyl groups is 1. The Balaban J connectivity index is 1.80. The molecule has 0 fully saturated rings. The van der Waals surface area contributed by atoms with Crippen LogP contribution in [0.25, 0.3) is 10.8 Å². The Kier molecular flexibility index (Phi) is 5.02. The Morgan fingerprint density at radius 2 is 1.67 bits per heavy atom. The number of nitrogens with one attached hydrogen (secondary N) is 2. The van der Waals surface area contributed by atoms with Crippen LogP contribution in [0.2, 0.25) is 0 Å². The number of nitriles is 2. The number of rotatable bonds is 4. The zero-order chi connectivity index (χ0) is 19.2. The summed E-state index contributed by atoms with van der Waals surface area (Å²) >= 11 is 0. The van der Waals surface area contributed by atoms with E-state index in [4.69, 9.17) is 5.26 Å². The first kappa shape index (κ1) is 17.5. The molecule has 0 saturated carbocycles. The van der Waals surface area contributed by atoms with Gasteiger partial charge in [0, 0.05) is 28.3 Å². The third-order valence-electron chi connectivity index (χ3n) is 3.91. The van der Waals surface area contributed by atoms with Crippen molar-refractivity contribution in [2.24, 2.45) is 0 Å². The Hall–Kier alpha value is -4.29. The number of carbonyl (C=O) groups excluding carboxylic acids is 1. The maximum Gasteiger partial charge on any atom is 0.267 e. The molecule has 0 aliphatic heterocycles. The number of anilines is 2. The lowest BCUT2D eigenvalue weighted by Gasteiger charge is -2.09. The second-order valence-corrected chi connectivity index (χ2v) is 5.64. The van der Waals surface area contributed by atoms with Gasteiger partial charge in [0.15, 0.2) is 0 Å². The van der Waals surface area contributed by atoms with E-state index >= 15 is 0 Å². The molecule has 0 bridgehead atoms. The van der Waals surface area contributed by atoms with E-state index in [1.54, 1.807) is 60.7 Å². The van der Waals surface area contributed by atoms with E-state index in [0.717, 1.165) is 0 Å². The molecule has 0 heterocycles. The molecule has 3 N–H and O–H groups in total. The van der Waals surface area contributed by atoms with Crippen molar-refractivity contribution < 1.29 is 9.90 Å². The third-order valence-corrected chi connectivity index (χ3v) is 3.91. The summed E-state index contributed by atoms with van der Waals surface area (Å²) in [5.41, 5.74) is 1.54. The highest BCUT2D eigenvalue weighted by Gasteiger charge is 2.12. The van der Waals surface area contributed by atoms with Crippen LogP contribution in [-0.4, -0.2) is 11.0 Å². The predicted molar refractivity (Wildman–Crippen MR) is 103 cm³/mol. The Bertz CT molecular complexity index is 1120. The molecule has 0 unspecified atom stereocenters. The van der Waals surface area contributed by atoms with Crippen molar-refractivity contribution in [3.63, 3.8) is 0 Å². The lowest BCUT2D eigenvalue weighted by molar-refractivity contribution is -0.112. The number of phenolic OH excluding ortho intramolecular Hbond substituents is 1. The quantitative estimate of drug-likeness (QED) is 0.487. The van der Waals surface area contributed by atoms with Crippen LogP contribution < -0.4 is 10.6 Å². The van der Waals surface area contributed by atoms with Crippen LogP contribution in [0.3, 0.4) is 0 Å². The fourth-order valence-corrected chi connectivity index (χ4v) is 2.54. The van der Waals surface area contributed by atoms with Crippen LogP contribution in [-0.2, 0) is 4.79 Å². The number of hydrogen-bond acceptors (Lipinski definition) is 5. The molecule has 0 aromatic heterocycles. The molecule has 3 rings (SSSR count). The third kappa shape index (κ3) is 3.87. The molecule has 27 heavy (non-hydrogen) atoms. The summed E-state index contributed by atoms with van der Waals surface area (Å²) in [5, 5.41) is 34.8. The Morgan fingerprint density at radius 3 is 2.37 bits per heavy atom. The summed E-state index contributed by atoms with van der Waals surface area (Å²) in [6.45, 7) is 0. The van der Waals surface area contributed by atoms with Gasteiger partial charge in [-0.2, -0.15) is 10.5 Å². The van der Waals surface area contributed by atoms with Crippen molar-refractivity contribution in [3.05, 3.63) is 78.0 Å². The van der Waals surface area contributed by atoms with E-state index in [9.17, 15) is 15.2 Å². The molecule has 0 saturated heterocycles. The van der Waals surface area contributed by atoms with Gasteiger partial charge in [-0.15, -0.1) is 0 Å². The van der Waals surface area contributed by atoms with E-state index in [-0.39, 0.29) is 11.3 Å². The topological polar surface area (TPSA) is 109 Å². The van der Waals surface area contributed by atoms with Crippen LogP contribution in [0.4, 0.5) is 11.4 Å². The minimum atomic E-state index is -0.575. The number of carbonyl (C=O) groups is 1. The number of fused-ring (bicyclic) bond motifs is 1. The number of phenols is 1. The molecular weight excluding hydrogens is 340 g/mol. The largest absolute Gasteiger partial charge is 0.507 e. The molecule has 0 aliphatic rings. The average Bonchev–Trinajstić information content (AvgIpc) is 2.70. The molecule has 0 atom stereocenters. The van der Waals surface area contributed by atoms with Gasteiger partial charge in [0.1, 0.15) is 17.4 Å². The second kappa shape index (κ2) is 7.73. The second-order valence-electron chi connectivity index (χ2n) is 5.64. The molecule has 6 nitrogen and oxygen atoms in total. The standard InChI is InChI=1S/C21H14N4O2/c22-11-14-7-9-16(10-8-14)24-13-15(12-23)21(27)25-19-5-1-4-18-17(19)3-2-6-20(18)26/h1-10,13,24,26H,(H,25,27)/b15-13-. The average molecular weight is 354 g/mol. The van der Waals surface area contributed by atoms with E-state index in [2.05, 4.69) is 10.6 Å². The van der Waals surface area contributed by atoms with Crippen molar-refractivity contribution in [1.82, 2.24) is 0 Å². The van der Waals surface area contributed by atoms with Crippen molar-refractivity contribution >= 4 is 28.1 Å². The summed E-state index contributed by atoms with van der Waals surface area (Å²) in [6, 6.07) is 20.7. The van der Waals surface area contributed by atoms with Crippen LogP contribution in [0, 0.1) is 22.7 Å². The molecule has 0 radical (unpaired) electrons. The lowest BCUT2D eigenvalue weighted by Crippen LogP contribution is -2.14. The molecule has 0 spiro atoms. The number of hydrogen-bond donors (Lipinski definition) is 3. The van der Waals surface area contributed by atoms with Gasteiger partial charge in [0.2, 0.25) is 0 Å². The van der Waals surface area contributed by atoms with E-state index in [1.807, 2.05) is 12.1 Å². The van der Waals surface area contributed by atoms with Gasteiger partial charge in [0.25, 0.3) is 5.91 Å². The summed E-state index contributed by atoms with van der Waals surface area (Å²) in [5.74, 6) is -0.461. The monoisotopic (exact) mass is 354 g/mol. The summed E-state index contributed by atoms with van der Waals surface area (Å²) in [7, 11) is 0. The lowest BCUT2D eigenvalue weighted by atomic mass is 10.1. The summed E-state index contributed by atoms with van der Waals surface area (Å²) in [6.07, 6.45) is 1.30. The Morgan fingerprint density at radius 1 is 0.963 bits per heavy atom. The van der Waals surface area contributed by atoms with Crippen LogP contribution >= 0.6 is 0 Å². The SMILES string of the molecule is N#C/C(=C/Nc1ccc(C#N)cc1)C(=O)Nc1cccc2c(O)cccc12. The van der Waals surface area contributed by atoms with Crippen LogP contribution in [0.15, 0.2) is 72.4 Å². The zero-order valence-electron chi connectivity index (χ0n) is 14.1. The van der Waals surface area contributed by atoms with Crippen molar-refractivity contribution in [2.75, 3.05) is 10.6 Å². The van der Waals surface area contributed by atoms with Crippen molar-refractivity contribution in [2.45, 2.75) is 0 Å². The fraction of sp³-hybridized carbons (Fsp3) is 0. The van der Waals surface area contributed by atoms with Gasteiger partial charge in [0.05, 0.1) is 11.6 Å². The van der Waals surface area contributed by atoms with Gasteiger partial charge in [-0.05, 0) is 36.4 Å².